The normalized spacial score (nSPS) is 10.6. The molecule has 0 fully saturated rings. The number of halogens is 1. The van der Waals surface area contributed by atoms with Crippen LogP contribution in [0.2, 0.25) is 5.02 Å². The molecule has 2 N–H and O–H groups in total. The van der Waals surface area contributed by atoms with E-state index in [0.29, 0.717) is 24.3 Å². The Kier molecular flexibility index (Phi) is 5.61. The van der Waals surface area contributed by atoms with Gasteiger partial charge in [0.1, 0.15) is 12.4 Å². The number of aromatic amines is 1. The number of benzene rings is 2. The lowest BCUT2D eigenvalue weighted by molar-refractivity contribution is 0.303. The fourth-order valence-electron chi connectivity index (χ4n) is 2.13. The summed E-state index contributed by atoms with van der Waals surface area (Å²) in [6, 6.07) is 15.6. The van der Waals surface area contributed by atoms with Crippen LogP contribution >= 0.6 is 23.4 Å². The van der Waals surface area contributed by atoms with Crippen molar-refractivity contribution < 1.29 is 4.74 Å². The third-order valence-corrected chi connectivity index (χ3v) is 4.17. The average Bonchev–Trinajstić information content (AvgIpc) is 3.08. The van der Waals surface area contributed by atoms with Gasteiger partial charge in [0.05, 0.1) is 0 Å². The van der Waals surface area contributed by atoms with Gasteiger partial charge in [-0.2, -0.15) is 4.98 Å². The zero-order chi connectivity index (χ0) is 16.8. The van der Waals surface area contributed by atoms with E-state index in [1.807, 2.05) is 54.8 Å². The summed E-state index contributed by atoms with van der Waals surface area (Å²) < 4.78 is 5.94. The van der Waals surface area contributed by atoms with Crippen molar-refractivity contribution in [2.24, 2.45) is 0 Å². The summed E-state index contributed by atoms with van der Waals surface area (Å²) in [6.45, 7) is 1.09. The van der Waals surface area contributed by atoms with Crippen molar-refractivity contribution >= 4 is 29.3 Å². The summed E-state index contributed by atoms with van der Waals surface area (Å²) in [6.07, 6.45) is 1.94. The monoisotopic (exact) mass is 360 g/mol. The smallest absolute Gasteiger partial charge is 0.219 e. The highest BCUT2D eigenvalue weighted by Crippen LogP contribution is 2.21. The van der Waals surface area contributed by atoms with Crippen molar-refractivity contribution in [3.8, 4) is 5.75 Å². The lowest BCUT2D eigenvalue weighted by Crippen LogP contribution is -2.04. The van der Waals surface area contributed by atoms with Crippen molar-refractivity contribution in [1.82, 2.24) is 15.2 Å². The molecule has 0 aliphatic rings. The molecule has 24 heavy (non-hydrogen) atoms. The molecule has 0 spiro atoms. The Labute approximate surface area is 149 Å². The topological polar surface area (TPSA) is 62.8 Å². The number of para-hydroxylation sites is 1. The molecule has 3 rings (SSSR count). The van der Waals surface area contributed by atoms with Crippen molar-refractivity contribution in [1.29, 1.82) is 0 Å². The van der Waals surface area contributed by atoms with Crippen LogP contribution < -0.4 is 10.1 Å². The maximum absolute atomic E-state index is 5.94. The van der Waals surface area contributed by atoms with Gasteiger partial charge in [-0.25, -0.2) is 5.10 Å². The molecule has 0 unspecified atom stereocenters. The molecule has 0 bridgehead atoms. The molecule has 124 valence electrons. The lowest BCUT2D eigenvalue weighted by Gasteiger charge is -2.12. The molecular weight excluding hydrogens is 344 g/mol. The minimum absolute atomic E-state index is 0.493. The number of nitrogens with zero attached hydrogens (tertiary/aromatic N) is 2. The Balaban J connectivity index is 1.62. The number of H-pyrrole nitrogens is 1. The van der Waals surface area contributed by atoms with Gasteiger partial charge in [-0.15, -0.1) is 5.10 Å². The van der Waals surface area contributed by atoms with Gasteiger partial charge < -0.3 is 10.1 Å². The Morgan fingerprint density at radius 2 is 1.96 bits per heavy atom. The van der Waals surface area contributed by atoms with Gasteiger partial charge in [0.25, 0.3) is 0 Å². The number of aromatic nitrogens is 3. The Hall–Kier alpha value is -2.18. The van der Waals surface area contributed by atoms with E-state index in [9.17, 15) is 0 Å². The van der Waals surface area contributed by atoms with Crippen LogP contribution in [0, 0.1) is 0 Å². The summed E-state index contributed by atoms with van der Waals surface area (Å²) in [5.74, 6) is 1.48. The molecule has 0 aliphatic carbocycles. The van der Waals surface area contributed by atoms with Crippen LogP contribution in [0.5, 0.6) is 5.75 Å². The van der Waals surface area contributed by atoms with E-state index in [4.69, 9.17) is 16.3 Å². The van der Waals surface area contributed by atoms with Crippen LogP contribution in [-0.4, -0.2) is 21.4 Å². The van der Waals surface area contributed by atoms with Gasteiger partial charge in [0.2, 0.25) is 11.1 Å². The van der Waals surface area contributed by atoms with Crippen LogP contribution in [0.4, 0.5) is 5.95 Å². The van der Waals surface area contributed by atoms with E-state index in [0.717, 1.165) is 21.9 Å². The lowest BCUT2D eigenvalue weighted by atomic mass is 10.2. The first-order valence-electron chi connectivity index (χ1n) is 7.40. The van der Waals surface area contributed by atoms with Crippen LogP contribution in [0.3, 0.4) is 0 Å². The second-order valence-corrected chi connectivity index (χ2v) is 6.26. The maximum Gasteiger partial charge on any atom is 0.219 e. The van der Waals surface area contributed by atoms with Crippen LogP contribution in [0.15, 0.2) is 53.7 Å². The maximum atomic E-state index is 5.94. The van der Waals surface area contributed by atoms with Gasteiger partial charge in [0.15, 0.2) is 0 Å². The van der Waals surface area contributed by atoms with Crippen molar-refractivity contribution in [2.75, 3.05) is 11.6 Å². The third-order valence-electron chi connectivity index (χ3n) is 3.37. The first-order chi connectivity index (χ1) is 11.7. The second kappa shape index (κ2) is 8.08. The number of ether oxygens (including phenoxy) is 1. The zero-order valence-corrected chi connectivity index (χ0v) is 14.7. The van der Waals surface area contributed by atoms with E-state index in [2.05, 4.69) is 20.5 Å². The Morgan fingerprint density at radius 1 is 1.17 bits per heavy atom. The predicted octanol–water partition coefficient (Wildman–Crippen LogP) is 4.37. The van der Waals surface area contributed by atoms with Crippen LogP contribution in [-0.2, 0) is 13.2 Å². The van der Waals surface area contributed by atoms with Crippen LogP contribution in [0.25, 0.3) is 0 Å². The molecule has 0 atom stereocenters. The van der Waals surface area contributed by atoms with Gasteiger partial charge in [0, 0.05) is 17.1 Å². The van der Waals surface area contributed by atoms with Gasteiger partial charge in [-0.1, -0.05) is 53.7 Å². The molecule has 0 saturated carbocycles. The minimum atomic E-state index is 0.493. The highest BCUT2D eigenvalue weighted by molar-refractivity contribution is 7.98. The molecule has 7 heteroatoms. The minimum Gasteiger partial charge on any atom is -0.489 e. The van der Waals surface area contributed by atoms with Crippen molar-refractivity contribution in [2.45, 2.75) is 18.3 Å². The molecular formula is C17H17ClN4OS. The summed E-state index contributed by atoms with van der Waals surface area (Å²) in [5.41, 5.74) is 2.12. The van der Waals surface area contributed by atoms with E-state index < -0.39 is 0 Å². The molecule has 0 aliphatic heterocycles. The van der Waals surface area contributed by atoms with Gasteiger partial charge in [-0.05, 0) is 30.0 Å². The predicted molar refractivity (Wildman–Crippen MR) is 97.7 cm³/mol. The molecule has 1 heterocycles. The SMILES string of the molecule is CSc1n[nH]c(NCc2ccccc2OCc2ccc(Cl)cc2)n1. The molecule has 3 aromatic rings. The van der Waals surface area contributed by atoms with Crippen molar-refractivity contribution in [3.63, 3.8) is 0 Å². The number of hydrogen-bond donors (Lipinski definition) is 2. The summed E-state index contributed by atoms with van der Waals surface area (Å²) >= 11 is 7.39. The molecule has 2 aromatic carbocycles. The number of nitrogens with one attached hydrogen (secondary N) is 2. The van der Waals surface area contributed by atoms with Gasteiger partial charge >= 0.3 is 0 Å². The third kappa shape index (κ3) is 4.43. The Morgan fingerprint density at radius 3 is 2.71 bits per heavy atom. The Bertz CT molecular complexity index is 791. The fourth-order valence-corrected chi connectivity index (χ4v) is 2.57. The molecule has 0 amide bonds. The summed E-state index contributed by atoms with van der Waals surface area (Å²) in [7, 11) is 0. The van der Waals surface area contributed by atoms with Crippen molar-refractivity contribution in [3.05, 3.63) is 64.7 Å². The van der Waals surface area contributed by atoms with E-state index in [1.54, 1.807) is 0 Å². The molecule has 5 nitrogen and oxygen atoms in total. The quantitative estimate of drug-likeness (QED) is 0.612. The molecule has 0 saturated heterocycles. The fraction of sp³-hybridized carbons (Fsp3) is 0.176. The van der Waals surface area contributed by atoms with E-state index in [1.165, 1.54) is 11.8 Å². The number of hydrogen-bond acceptors (Lipinski definition) is 5. The number of thioether (sulfide) groups is 1. The van der Waals surface area contributed by atoms with E-state index in [-0.39, 0.29) is 0 Å². The summed E-state index contributed by atoms with van der Waals surface area (Å²) in [5, 5.41) is 11.6. The summed E-state index contributed by atoms with van der Waals surface area (Å²) in [4.78, 5) is 4.31. The average molecular weight is 361 g/mol. The first-order valence-corrected chi connectivity index (χ1v) is 9.00. The van der Waals surface area contributed by atoms with Gasteiger partial charge in [-0.3, -0.25) is 0 Å². The largest absolute Gasteiger partial charge is 0.489 e. The molecule has 0 radical (unpaired) electrons. The van der Waals surface area contributed by atoms with Crippen LogP contribution in [0.1, 0.15) is 11.1 Å². The molecule has 1 aromatic heterocycles. The highest BCUT2D eigenvalue weighted by Gasteiger charge is 2.06. The zero-order valence-electron chi connectivity index (χ0n) is 13.1. The highest BCUT2D eigenvalue weighted by atomic mass is 35.5. The number of rotatable bonds is 7. The standard InChI is InChI=1S/C17H17ClN4OS/c1-24-17-20-16(21-22-17)19-10-13-4-2-3-5-15(13)23-11-12-6-8-14(18)9-7-12/h2-9H,10-11H2,1H3,(H2,19,20,21,22). The number of anilines is 1. The second-order valence-electron chi connectivity index (χ2n) is 5.05. The first kappa shape index (κ1) is 16.7. The van der Waals surface area contributed by atoms with E-state index >= 15 is 0 Å².